The number of fused-ring (bicyclic) bond motifs is 1. The molecule has 1 heteroatoms. The van der Waals surface area contributed by atoms with Crippen LogP contribution in [0.15, 0.2) is 24.3 Å². The molecule has 0 aromatic heterocycles. The fraction of sp³-hybridized carbons (Fsp3) is 0.684. The lowest BCUT2D eigenvalue weighted by Crippen LogP contribution is -2.32. The van der Waals surface area contributed by atoms with Gasteiger partial charge in [-0.1, -0.05) is 65.9 Å². The third-order valence-electron chi connectivity index (χ3n) is 5.77. The van der Waals surface area contributed by atoms with Crippen LogP contribution in [0.5, 0.6) is 0 Å². The SMILES string of the molecule is Cc1ccccc1CC(Br)C1CCC2CCCCC2C1. The standard InChI is InChI=1S/C19H27Br/c1-14-6-2-3-8-16(14)13-19(20)18-11-10-15-7-4-5-9-17(15)12-18/h2-3,6,8,15,17-19H,4-5,7,9-13H2,1H3. The Labute approximate surface area is 132 Å². The van der Waals surface area contributed by atoms with Crippen LogP contribution in [-0.2, 0) is 6.42 Å². The molecule has 0 radical (unpaired) electrons. The van der Waals surface area contributed by atoms with Crippen molar-refractivity contribution in [1.82, 2.24) is 0 Å². The normalized spacial score (nSPS) is 31.6. The Balaban J connectivity index is 1.60. The molecule has 0 nitrogen and oxygen atoms in total. The van der Waals surface area contributed by atoms with Crippen molar-refractivity contribution in [1.29, 1.82) is 0 Å². The van der Waals surface area contributed by atoms with E-state index in [2.05, 4.69) is 47.1 Å². The molecule has 0 saturated heterocycles. The first-order valence-electron chi connectivity index (χ1n) is 8.42. The maximum atomic E-state index is 4.03. The molecule has 110 valence electrons. The molecular formula is C19H27Br. The number of rotatable bonds is 3. The highest BCUT2D eigenvalue weighted by Gasteiger charge is 2.34. The second kappa shape index (κ2) is 6.64. The first kappa shape index (κ1) is 14.6. The number of alkyl halides is 1. The van der Waals surface area contributed by atoms with Gasteiger partial charge in [-0.2, -0.15) is 0 Å². The van der Waals surface area contributed by atoms with Gasteiger partial charge in [0.15, 0.2) is 0 Å². The molecule has 4 atom stereocenters. The summed E-state index contributed by atoms with van der Waals surface area (Å²) in [7, 11) is 0. The molecule has 0 bridgehead atoms. The zero-order valence-corrected chi connectivity index (χ0v) is 14.2. The van der Waals surface area contributed by atoms with Crippen molar-refractivity contribution < 1.29 is 0 Å². The highest BCUT2D eigenvalue weighted by Crippen LogP contribution is 2.45. The zero-order valence-electron chi connectivity index (χ0n) is 12.7. The van der Waals surface area contributed by atoms with Crippen molar-refractivity contribution in [2.75, 3.05) is 0 Å². The van der Waals surface area contributed by atoms with Crippen molar-refractivity contribution in [3.63, 3.8) is 0 Å². The lowest BCUT2D eigenvalue weighted by atomic mass is 9.66. The average Bonchev–Trinajstić information content (AvgIpc) is 2.49. The van der Waals surface area contributed by atoms with Gasteiger partial charge in [0.05, 0.1) is 0 Å². The van der Waals surface area contributed by atoms with Crippen molar-refractivity contribution in [2.24, 2.45) is 17.8 Å². The fourth-order valence-electron chi connectivity index (χ4n) is 4.45. The summed E-state index contributed by atoms with van der Waals surface area (Å²) in [5.74, 6) is 3.01. The van der Waals surface area contributed by atoms with Crippen molar-refractivity contribution in [3.8, 4) is 0 Å². The smallest absolute Gasteiger partial charge is 0.0214 e. The molecule has 1 aromatic carbocycles. The van der Waals surface area contributed by atoms with Crippen LogP contribution in [0.3, 0.4) is 0 Å². The van der Waals surface area contributed by atoms with Gasteiger partial charge in [-0.05, 0) is 61.5 Å². The molecule has 20 heavy (non-hydrogen) atoms. The molecule has 1 aromatic rings. The van der Waals surface area contributed by atoms with E-state index in [1.54, 1.807) is 0 Å². The molecule has 0 aliphatic heterocycles. The first-order chi connectivity index (χ1) is 9.74. The number of halogens is 1. The summed E-state index contributed by atoms with van der Waals surface area (Å²) >= 11 is 4.03. The molecule has 2 saturated carbocycles. The van der Waals surface area contributed by atoms with Crippen LogP contribution < -0.4 is 0 Å². The Morgan fingerprint density at radius 3 is 2.60 bits per heavy atom. The lowest BCUT2D eigenvalue weighted by molar-refractivity contribution is 0.129. The van der Waals surface area contributed by atoms with E-state index in [1.165, 1.54) is 62.5 Å². The zero-order chi connectivity index (χ0) is 13.9. The molecule has 0 heterocycles. The maximum Gasteiger partial charge on any atom is 0.0214 e. The van der Waals surface area contributed by atoms with Gasteiger partial charge >= 0.3 is 0 Å². The van der Waals surface area contributed by atoms with E-state index >= 15 is 0 Å². The summed E-state index contributed by atoms with van der Waals surface area (Å²) < 4.78 is 0. The van der Waals surface area contributed by atoms with E-state index in [-0.39, 0.29) is 0 Å². The van der Waals surface area contributed by atoms with Crippen molar-refractivity contribution >= 4 is 15.9 Å². The second-order valence-corrected chi connectivity index (χ2v) is 8.20. The van der Waals surface area contributed by atoms with Crippen LogP contribution in [0.2, 0.25) is 0 Å². The van der Waals surface area contributed by atoms with Crippen molar-refractivity contribution in [3.05, 3.63) is 35.4 Å². The Morgan fingerprint density at radius 1 is 1.05 bits per heavy atom. The quantitative estimate of drug-likeness (QED) is 0.603. The Bertz CT molecular complexity index is 439. The van der Waals surface area contributed by atoms with Crippen molar-refractivity contribution in [2.45, 2.75) is 63.1 Å². The molecular weight excluding hydrogens is 308 g/mol. The van der Waals surface area contributed by atoms with E-state index in [1.807, 2.05) is 0 Å². The Hall–Kier alpha value is -0.300. The van der Waals surface area contributed by atoms with Crippen LogP contribution >= 0.6 is 15.9 Å². The summed E-state index contributed by atoms with van der Waals surface area (Å²) in [6, 6.07) is 8.87. The summed E-state index contributed by atoms with van der Waals surface area (Å²) in [6.07, 6.45) is 11.6. The second-order valence-electron chi connectivity index (χ2n) is 7.02. The highest BCUT2D eigenvalue weighted by molar-refractivity contribution is 9.09. The fourth-order valence-corrected chi connectivity index (χ4v) is 5.28. The number of benzene rings is 1. The maximum absolute atomic E-state index is 4.03. The van der Waals surface area contributed by atoms with Crippen LogP contribution in [0, 0.1) is 24.7 Å². The molecule has 0 spiro atoms. The van der Waals surface area contributed by atoms with Crippen LogP contribution in [0.4, 0.5) is 0 Å². The Morgan fingerprint density at radius 2 is 1.80 bits per heavy atom. The predicted octanol–water partition coefficient (Wildman–Crippen LogP) is 5.91. The van der Waals surface area contributed by atoms with E-state index in [0.717, 1.165) is 17.8 Å². The van der Waals surface area contributed by atoms with Gasteiger partial charge in [-0.15, -0.1) is 0 Å². The lowest BCUT2D eigenvalue weighted by Gasteiger charge is -2.41. The average molecular weight is 335 g/mol. The summed E-state index contributed by atoms with van der Waals surface area (Å²) in [5, 5.41) is 0. The topological polar surface area (TPSA) is 0 Å². The summed E-state index contributed by atoms with van der Waals surface area (Å²) in [6.45, 7) is 2.24. The van der Waals surface area contributed by atoms with Gasteiger partial charge in [-0.25, -0.2) is 0 Å². The highest BCUT2D eigenvalue weighted by atomic mass is 79.9. The molecule has 0 amide bonds. The summed E-state index contributed by atoms with van der Waals surface area (Å²) in [4.78, 5) is 0.673. The third kappa shape index (κ3) is 3.30. The number of hydrogen-bond donors (Lipinski definition) is 0. The predicted molar refractivity (Wildman–Crippen MR) is 90.4 cm³/mol. The minimum Gasteiger partial charge on any atom is -0.0884 e. The van der Waals surface area contributed by atoms with E-state index in [4.69, 9.17) is 0 Å². The molecule has 2 aliphatic carbocycles. The number of aryl methyl sites for hydroxylation is 1. The third-order valence-corrected chi connectivity index (χ3v) is 6.84. The van der Waals surface area contributed by atoms with Crippen LogP contribution in [-0.4, -0.2) is 4.83 Å². The molecule has 4 unspecified atom stereocenters. The minimum atomic E-state index is 0.673. The largest absolute Gasteiger partial charge is 0.0884 e. The summed E-state index contributed by atoms with van der Waals surface area (Å²) in [5.41, 5.74) is 2.98. The van der Waals surface area contributed by atoms with Crippen LogP contribution in [0.25, 0.3) is 0 Å². The van der Waals surface area contributed by atoms with Crippen LogP contribution in [0.1, 0.15) is 56.1 Å². The molecule has 2 aliphatic rings. The van der Waals surface area contributed by atoms with Gasteiger partial charge in [0.25, 0.3) is 0 Å². The van der Waals surface area contributed by atoms with Gasteiger partial charge in [0.1, 0.15) is 0 Å². The molecule has 0 N–H and O–H groups in total. The minimum absolute atomic E-state index is 0.673. The van der Waals surface area contributed by atoms with E-state index in [0.29, 0.717) is 4.83 Å². The van der Waals surface area contributed by atoms with E-state index < -0.39 is 0 Å². The van der Waals surface area contributed by atoms with Gasteiger partial charge < -0.3 is 0 Å². The van der Waals surface area contributed by atoms with Gasteiger partial charge in [0, 0.05) is 4.83 Å². The Kier molecular flexibility index (Phi) is 4.86. The monoisotopic (exact) mass is 334 g/mol. The van der Waals surface area contributed by atoms with Gasteiger partial charge in [-0.3, -0.25) is 0 Å². The number of hydrogen-bond acceptors (Lipinski definition) is 0. The molecule has 3 rings (SSSR count). The van der Waals surface area contributed by atoms with E-state index in [9.17, 15) is 0 Å². The molecule has 2 fully saturated rings. The van der Waals surface area contributed by atoms with Gasteiger partial charge in [0.2, 0.25) is 0 Å². The first-order valence-corrected chi connectivity index (χ1v) is 9.34.